The molecule has 1 saturated heterocycles. The Hall–Kier alpha value is -1.66. The van der Waals surface area contributed by atoms with Crippen molar-refractivity contribution in [2.45, 2.75) is 18.9 Å². The number of nitrogens with zero attached hydrogens (tertiary/aromatic N) is 2. The van der Waals surface area contributed by atoms with Gasteiger partial charge in [-0.1, -0.05) is 22.0 Å². The van der Waals surface area contributed by atoms with Gasteiger partial charge in [-0.05, 0) is 31.0 Å². The van der Waals surface area contributed by atoms with Crippen molar-refractivity contribution in [1.29, 1.82) is 0 Å². The van der Waals surface area contributed by atoms with E-state index in [0.717, 1.165) is 47.8 Å². The topological polar surface area (TPSA) is 59.1 Å². The summed E-state index contributed by atoms with van der Waals surface area (Å²) in [6.45, 7) is 1.65. The van der Waals surface area contributed by atoms with E-state index in [1.54, 1.807) is 6.33 Å². The van der Waals surface area contributed by atoms with Gasteiger partial charge in [0.15, 0.2) is 0 Å². The first-order chi connectivity index (χ1) is 10.3. The van der Waals surface area contributed by atoms with Crippen LogP contribution in [0.2, 0.25) is 0 Å². The average Bonchev–Trinajstić information content (AvgIpc) is 2.99. The van der Waals surface area contributed by atoms with Crippen molar-refractivity contribution >= 4 is 33.3 Å². The highest BCUT2D eigenvalue weighted by Crippen LogP contribution is 2.20. The van der Waals surface area contributed by atoms with E-state index in [9.17, 15) is 0 Å². The first-order valence-electron chi connectivity index (χ1n) is 7.00. The van der Waals surface area contributed by atoms with E-state index in [2.05, 4.69) is 36.5 Å². The van der Waals surface area contributed by atoms with Gasteiger partial charge in [0.1, 0.15) is 18.0 Å². The molecule has 2 aromatic rings. The second-order valence-corrected chi connectivity index (χ2v) is 5.86. The number of nitrogens with one attached hydrogen (secondary N) is 2. The molecule has 3 rings (SSSR count). The maximum absolute atomic E-state index is 5.59. The molecule has 0 spiro atoms. The third kappa shape index (κ3) is 4.15. The minimum Gasteiger partial charge on any atom is -0.376 e. The van der Waals surface area contributed by atoms with Crippen LogP contribution in [0.4, 0.5) is 17.3 Å². The highest BCUT2D eigenvalue weighted by molar-refractivity contribution is 9.10. The van der Waals surface area contributed by atoms with Crippen LogP contribution in [0.3, 0.4) is 0 Å². The van der Waals surface area contributed by atoms with Gasteiger partial charge in [0.25, 0.3) is 0 Å². The molecule has 1 unspecified atom stereocenters. The molecule has 1 aliphatic rings. The number of hydrogen-bond donors (Lipinski definition) is 2. The highest BCUT2D eigenvalue weighted by Gasteiger charge is 2.15. The molecule has 6 heteroatoms. The van der Waals surface area contributed by atoms with Gasteiger partial charge in [0.05, 0.1) is 6.10 Å². The molecule has 21 heavy (non-hydrogen) atoms. The zero-order chi connectivity index (χ0) is 14.5. The molecule has 0 aliphatic carbocycles. The molecule has 0 radical (unpaired) electrons. The molecule has 1 aliphatic heterocycles. The first-order valence-corrected chi connectivity index (χ1v) is 7.79. The van der Waals surface area contributed by atoms with E-state index in [0.29, 0.717) is 6.10 Å². The summed E-state index contributed by atoms with van der Waals surface area (Å²) in [4.78, 5) is 8.47. The van der Waals surface area contributed by atoms with Crippen LogP contribution in [0.25, 0.3) is 0 Å². The Labute approximate surface area is 132 Å². The number of halogens is 1. The largest absolute Gasteiger partial charge is 0.376 e. The summed E-state index contributed by atoms with van der Waals surface area (Å²) in [7, 11) is 0. The zero-order valence-electron chi connectivity index (χ0n) is 11.6. The molecular weight excluding hydrogens is 332 g/mol. The zero-order valence-corrected chi connectivity index (χ0v) is 13.1. The van der Waals surface area contributed by atoms with Gasteiger partial charge in [-0.25, -0.2) is 9.97 Å². The molecular formula is C15H17BrN4O. The third-order valence-electron chi connectivity index (χ3n) is 3.30. The fourth-order valence-electron chi connectivity index (χ4n) is 2.26. The lowest BCUT2D eigenvalue weighted by molar-refractivity contribution is 0.120. The van der Waals surface area contributed by atoms with E-state index in [-0.39, 0.29) is 0 Å². The second kappa shape index (κ2) is 6.87. The molecule has 0 amide bonds. The Kier molecular flexibility index (Phi) is 4.67. The quantitative estimate of drug-likeness (QED) is 0.864. The molecule has 0 bridgehead atoms. The summed E-state index contributed by atoms with van der Waals surface area (Å²) in [5, 5.41) is 6.56. The summed E-state index contributed by atoms with van der Waals surface area (Å²) in [5.41, 5.74) is 0.980. The van der Waals surface area contributed by atoms with Crippen LogP contribution in [0, 0.1) is 0 Å². The summed E-state index contributed by atoms with van der Waals surface area (Å²) in [5.74, 6) is 1.57. The van der Waals surface area contributed by atoms with Crippen molar-refractivity contribution in [2.75, 3.05) is 23.8 Å². The van der Waals surface area contributed by atoms with Gasteiger partial charge < -0.3 is 15.4 Å². The second-order valence-electron chi connectivity index (χ2n) is 4.94. The van der Waals surface area contributed by atoms with Gasteiger partial charge in [-0.3, -0.25) is 0 Å². The number of hydrogen-bond acceptors (Lipinski definition) is 5. The average molecular weight is 349 g/mol. The van der Waals surface area contributed by atoms with Crippen LogP contribution in [-0.4, -0.2) is 29.2 Å². The Morgan fingerprint density at radius 2 is 2.14 bits per heavy atom. The third-order valence-corrected chi connectivity index (χ3v) is 3.79. The van der Waals surface area contributed by atoms with Gasteiger partial charge in [0, 0.05) is 29.4 Å². The van der Waals surface area contributed by atoms with E-state index in [1.807, 2.05) is 30.3 Å². The van der Waals surface area contributed by atoms with Gasteiger partial charge in [-0.2, -0.15) is 0 Å². The fourth-order valence-corrected chi connectivity index (χ4v) is 2.66. The van der Waals surface area contributed by atoms with Crippen LogP contribution in [0.5, 0.6) is 0 Å². The van der Waals surface area contributed by atoms with Crippen LogP contribution < -0.4 is 10.6 Å². The number of ether oxygens (including phenoxy) is 1. The lowest BCUT2D eigenvalue weighted by Crippen LogP contribution is -2.19. The number of anilines is 3. The Morgan fingerprint density at radius 3 is 2.95 bits per heavy atom. The molecule has 2 N–H and O–H groups in total. The summed E-state index contributed by atoms with van der Waals surface area (Å²) >= 11 is 3.45. The molecule has 1 atom stereocenters. The van der Waals surface area contributed by atoms with Crippen LogP contribution in [-0.2, 0) is 4.74 Å². The van der Waals surface area contributed by atoms with E-state index >= 15 is 0 Å². The smallest absolute Gasteiger partial charge is 0.135 e. The fraction of sp³-hybridized carbons (Fsp3) is 0.333. The van der Waals surface area contributed by atoms with Crippen molar-refractivity contribution in [1.82, 2.24) is 9.97 Å². The minimum absolute atomic E-state index is 0.293. The van der Waals surface area contributed by atoms with Crippen molar-refractivity contribution in [3.8, 4) is 0 Å². The molecule has 1 aromatic heterocycles. The van der Waals surface area contributed by atoms with E-state index in [1.165, 1.54) is 0 Å². The molecule has 110 valence electrons. The Morgan fingerprint density at radius 1 is 1.24 bits per heavy atom. The van der Waals surface area contributed by atoms with Crippen LogP contribution >= 0.6 is 15.9 Å². The SMILES string of the molecule is Brc1cccc(Nc2cc(NCC3CCCO3)ncn2)c1. The van der Waals surface area contributed by atoms with Crippen molar-refractivity contribution in [2.24, 2.45) is 0 Å². The normalized spacial score (nSPS) is 17.7. The molecule has 5 nitrogen and oxygen atoms in total. The molecule has 0 saturated carbocycles. The van der Waals surface area contributed by atoms with Crippen LogP contribution in [0.15, 0.2) is 41.1 Å². The van der Waals surface area contributed by atoms with Gasteiger partial charge >= 0.3 is 0 Å². The van der Waals surface area contributed by atoms with E-state index in [4.69, 9.17) is 4.74 Å². The predicted octanol–water partition coefficient (Wildman–Crippen LogP) is 3.57. The standard InChI is InChI=1S/C15H17BrN4O/c16-11-3-1-4-12(7-11)20-15-8-14(18-10-19-15)17-9-13-5-2-6-21-13/h1,3-4,7-8,10,13H,2,5-6,9H2,(H2,17,18,19,20). The monoisotopic (exact) mass is 348 g/mol. The summed E-state index contributed by atoms with van der Waals surface area (Å²) < 4.78 is 6.61. The maximum Gasteiger partial charge on any atom is 0.135 e. The lowest BCUT2D eigenvalue weighted by Gasteiger charge is -2.12. The van der Waals surface area contributed by atoms with Gasteiger partial charge in [0.2, 0.25) is 0 Å². The van der Waals surface area contributed by atoms with Gasteiger partial charge in [-0.15, -0.1) is 0 Å². The summed E-state index contributed by atoms with van der Waals surface area (Å²) in [6.07, 6.45) is 4.10. The maximum atomic E-state index is 5.59. The Bertz CT molecular complexity index is 602. The van der Waals surface area contributed by atoms with Crippen LogP contribution in [0.1, 0.15) is 12.8 Å². The number of aromatic nitrogens is 2. The number of benzene rings is 1. The molecule has 1 aromatic carbocycles. The minimum atomic E-state index is 0.293. The first kappa shape index (κ1) is 14.3. The van der Waals surface area contributed by atoms with Crippen molar-refractivity contribution in [3.05, 3.63) is 41.1 Å². The lowest BCUT2D eigenvalue weighted by atomic mass is 10.2. The summed E-state index contributed by atoms with van der Waals surface area (Å²) in [6, 6.07) is 9.85. The van der Waals surface area contributed by atoms with Crippen molar-refractivity contribution < 1.29 is 4.74 Å². The van der Waals surface area contributed by atoms with E-state index < -0.39 is 0 Å². The predicted molar refractivity (Wildman–Crippen MR) is 86.9 cm³/mol. The van der Waals surface area contributed by atoms with Crippen molar-refractivity contribution in [3.63, 3.8) is 0 Å². The molecule has 1 fully saturated rings. The Balaban J connectivity index is 1.62. The number of rotatable bonds is 5. The molecule has 2 heterocycles. The highest BCUT2D eigenvalue weighted by atomic mass is 79.9.